The summed E-state index contributed by atoms with van der Waals surface area (Å²) in [5, 5.41) is 17.0. The van der Waals surface area contributed by atoms with Gasteiger partial charge in [-0.3, -0.25) is 4.79 Å². The topological polar surface area (TPSA) is 64.6 Å². The Kier molecular flexibility index (Phi) is 5.27. The second-order valence-corrected chi connectivity index (χ2v) is 8.07. The number of carbonyl (C=O) groups is 1. The molecule has 154 valence electrons. The van der Waals surface area contributed by atoms with Crippen molar-refractivity contribution in [3.63, 3.8) is 0 Å². The Bertz CT molecular complexity index is 922. The van der Waals surface area contributed by atoms with Gasteiger partial charge in [0.2, 0.25) is 0 Å². The first kappa shape index (κ1) is 19.8. The first-order valence-corrected chi connectivity index (χ1v) is 9.93. The Hall–Kier alpha value is -2.51. The maximum absolute atomic E-state index is 14.2. The summed E-state index contributed by atoms with van der Waals surface area (Å²) < 4.78 is 28.1. The molecule has 0 unspecified atom stereocenters. The number of hydrogen-bond acceptors (Lipinski definition) is 4. The number of piperidine rings is 1. The van der Waals surface area contributed by atoms with Crippen molar-refractivity contribution in [2.45, 2.75) is 37.8 Å². The number of amides is 1. The molecule has 2 aliphatic heterocycles. The van der Waals surface area contributed by atoms with E-state index in [4.69, 9.17) is 0 Å². The summed E-state index contributed by atoms with van der Waals surface area (Å²) >= 11 is 0. The lowest BCUT2D eigenvalue weighted by atomic mass is 9.81. The van der Waals surface area contributed by atoms with E-state index in [0.29, 0.717) is 0 Å². The second kappa shape index (κ2) is 7.72. The number of aliphatic hydroxyl groups is 1. The van der Waals surface area contributed by atoms with E-state index in [-0.39, 0.29) is 42.0 Å². The molecule has 2 aliphatic rings. The van der Waals surface area contributed by atoms with Gasteiger partial charge in [0.1, 0.15) is 17.2 Å². The SMILES string of the molecule is Cc1ccc(Nc2cc(F)ccc2C(=O)N2CC(O)([C@@H]3CCCCN3)C2)c(F)c1. The smallest absolute Gasteiger partial charge is 0.256 e. The molecule has 2 saturated heterocycles. The molecule has 0 bridgehead atoms. The Morgan fingerprint density at radius 3 is 2.66 bits per heavy atom. The van der Waals surface area contributed by atoms with Gasteiger partial charge in [-0.1, -0.05) is 12.5 Å². The van der Waals surface area contributed by atoms with Gasteiger partial charge in [-0.05, 0) is 62.2 Å². The number of hydrogen-bond donors (Lipinski definition) is 3. The molecule has 7 heteroatoms. The van der Waals surface area contributed by atoms with Crippen LogP contribution >= 0.6 is 0 Å². The minimum atomic E-state index is -0.938. The van der Waals surface area contributed by atoms with Crippen LogP contribution in [0.5, 0.6) is 0 Å². The van der Waals surface area contributed by atoms with Crippen LogP contribution in [0, 0.1) is 18.6 Å². The van der Waals surface area contributed by atoms with Crippen LogP contribution in [0.1, 0.15) is 35.2 Å². The molecule has 0 spiro atoms. The number of aryl methyl sites for hydroxylation is 1. The normalized spacial score (nSPS) is 20.8. The first-order chi connectivity index (χ1) is 13.9. The number of β-amino-alcohol motifs (C(OH)–C–C–N with tert-alkyl or cyclic N) is 1. The summed E-state index contributed by atoms with van der Waals surface area (Å²) in [6, 6.07) is 8.42. The predicted octanol–water partition coefficient (Wildman–Crippen LogP) is 3.35. The number of rotatable bonds is 4. The van der Waals surface area contributed by atoms with E-state index in [2.05, 4.69) is 10.6 Å². The first-order valence-electron chi connectivity index (χ1n) is 9.93. The molecule has 0 radical (unpaired) electrons. The van der Waals surface area contributed by atoms with Crippen molar-refractivity contribution in [1.29, 1.82) is 0 Å². The average Bonchev–Trinajstić information content (AvgIpc) is 2.68. The molecule has 2 aromatic carbocycles. The molecule has 29 heavy (non-hydrogen) atoms. The molecular formula is C22H25F2N3O2. The van der Waals surface area contributed by atoms with Crippen molar-refractivity contribution >= 4 is 17.3 Å². The number of likely N-dealkylation sites (tertiary alicyclic amines) is 1. The van der Waals surface area contributed by atoms with Crippen LogP contribution in [-0.4, -0.2) is 47.2 Å². The summed E-state index contributed by atoms with van der Waals surface area (Å²) in [5.41, 5.74) is 0.433. The molecule has 0 aliphatic carbocycles. The van der Waals surface area contributed by atoms with E-state index < -0.39 is 17.2 Å². The van der Waals surface area contributed by atoms with E-state index in [1.807, 2.05) is 0 Å². The molecule has 2 fully saturated rings. The summed E-state index contributed by atoms with van der Waals surface area (Å²) in [6.45, 7) is 3.09. The van der Waals surface area contributed by atoms with Crippen LogP contribution in [0.4, 0.5) is 20.2 Å². The Morgan fingerprint density at radius 1 is 1.17 bits per heavy atom. The molecular weight excluding hydrogens is 376 g/mol. The van der Waals surface area contributed by atoms with Gasteiger partial charge >= 0.3 is 0 Å². The highest BCUT2D eigenvalue weighted by Gasteiger charge is 2.49. The standard InChI is InChI=1S/C22H25F2N3O2/c1-14-5-8-18(17(24)10-14)26-19-11-15(23)6-7-16(19)21(28)27-12-22(29,13-27)20-4-2-3-9-25-20/h5-8,10-11,20,25-26,29H,2-4,9,12-13H2,1H3/t20-/m0/s1. The minimum Gasteiger partial charge on any atom is -0.385 e. The van der Waals surface area contributed by atoms with Gasteiger partial charge in [-0.15, -0.1) is 0 Å². The maximum Gasteiger partial charge on any atom is 0.256 e. The Morgan fingerprint density at radius 2 is 1.97 bits per heavy atom. The molecule has 2 heterocycles. The monoisotopic (exact) mass is 401 g/mol. The summed E-state index contributed by atoms with van der Waals surface area (Å²) in [6.07, 6.45) is 3.03. The van der Waals surface area contributed by atoms with Crippen molar-refractivity contribution in [3.8, 4) is 0 Å². The molecule has 2 aromatic rings. The van der Waals surface area contributed by atoms with Crippen molar-refractivity contribution in [2.75, 3.05) is 25.0 Å². The number of nitrogens with zero attached hydrogens (tertiary/aromatic N) is 1. The zero-order valence-corrected chi connectivity index (χ0v) is 16.3. The number of anilines is 2. The lowest BCUT2D eigenvalue weighted by molar-refractivity contribution is -0.108. The third-order valence-electron chi connectivity index (χ3n) is 5.78. The van der Waals surface area contributed by atoms with Crippen LogP contribution in [0.3, 0.4) is 0 Å². The molecule has 1 atom stereocenters. The number of benzene rings is 2. The molecule has 0 aromatic heterocycles. The van der Waals surface area contributed by atoms with Gasteiger partial charge in [0.15, 0.2) is 0 Å². The van der Waals surface area contributed by atoms with E-state index in [0.717, 1.165) is 31.4 Å². The summed E-state index contributed by atoms with van der Waals surface area (Å²) in [7, 11) is 0. The third-order valence-corrected chi connectivity index (χ3v) is 5.78. The highest BCUT2D eigenvalue weighted by Crippen LogP contribution is 2.32. The molecule has 0 saturated carbocycles. The molecule has 4 rings (SSSR count). The third kappa shape index (κ3) is 3.97. The highest BCUT2D eigenvalue weighted by atomic mass is 19.1. The van der Waals surface area contributed by atoms with Crippen molar-refractivity contribution < 1.29 is 18.7 Å². The fourth-order valence-electron chi connectivity index (χ4n) is 4.13. The van der Waals surface area contributed by atoms with E-state index in [9.17, 15) is 18.7 Å². The Labute approximate surface area is 168 Å². The quantitative estimate of drug-likeness (QED) is 0.735. The van der Waals surface area contributed by atoms with Crippen LogP contribution in [0.2, 0.25) is 0 Å². The zero-order valence-electron chi connectivity index (χ0n) is 16.3. The summed E-state index contributed by atoms with van der Waals surface area (Å²) in [5.74, 6) is -1.32. The zero-order chi connectivity index (χ0) is 20.6. The van der Waals surface area contributed by atoms with Crippen LogP contribution in [0.15, 0.2) is 36.4 Å². The largest absolute Gasteiger partial charge is 0.385 e. The minimum absolute atomic E-state index is 0.0206. The van der Waals surface area contributed by atoms with E-state index in [1.54, 1.807) is 24.0 Å². The molecule has 3 N–H and O–H groups in total. The molecule has 5 nitrogen and oxygen atoms in total. The number of halogens is 2. The number of carbonyl (C=O) groups excluding carboxylic acids is 1. The van der Waals surface area contributed by atoms with Crippen LogP contribution in [0.25, 0.3) is 0 Å². The predicted molar refractivity (Wildman–Crippen MR) is 107 cm³/mol. The fraction of sp³-hybridized carbons (Fsp3) is 0.409. The van der Waals surface area contributed by atoms with Gasteiger partial charge in [-0.2, -0.15) is 0 Å². The molecule has 1 amide bonds. The Balaban J connectivity index is 1.52. The van der Waals surface area contributed by atoms with E-state index in [1.165, 1.54) is 24.3 Å². The van der Waals surface area contributed by atoms with Gasteiger partial charge in [0, 0.05) is 6.04 Å². The highest BCUT2D eigenvalue weighted by molar-refractivity contribution is 6.01. The van der Waals surface area contributed by atoms with Crippen LogP contribution in [-0.2, 0) is 0 Å². The fourth-order valence-corrected chi connectivity index (χ4v) is 4.13. The van der Waals surface area contributed by atoms with E-state index >= 15 is 0 Å². The van der Waals surface area contributed by atoms with Gasteiger partial charge in [0.25, 0.3) is 5.91 Å². The lowest BCUT2D eigenvalue weighted by Gasteiger charge is -2.51. The number of nitrogens with one attached hydrogen (secondary N) is 2. The summed E-state index contributed by atoms with van der Waals surface area (Å²) in [4.78, 5) is 14.5. The second-order valence-electron chi connectivity index (χ2n) is 8.07. The van der Waals surface area contributed by atoms with Gasteiger partial charge in [-0.25, -0.2) is 8.78 Å². The van der Waals surface area contributed by atoms with Crippen molar-refractivity contribution in [3.05, 3.63) is 59.2 Å². The maximum atomic E-state index is 14.2. The average molecular weight is 401 g/mol. The van der Waals surface area contributed by atoms with Crippen LogP contribution < -0.4 is 10.6 Å². The van der Waals surface area contributed by atoms with Gasteiger partial charge in [0.05, 0.1) is 30.0 Å². The van der Waals surface area contributed by atoms with Crippen molar-refractivity contribution in [1.82, 2.24) is 10.2 Å². The van der Waals surface area contributed by atoms with Crippen molar-refractivity contribution in [2.24, 2.45) is 0 Å². The lowest BCUT2D eigenvalue weighted by Crippen LogP contribution is -2.72. The van der Waals surface area contributed by atoms with Gasteiger partial charge < -0.3 is 20.6 Å².